The molecule has 19 heavy (non-hydrogen) atoms. The topological polar surface area (TPSA) is 51.0 Å². The van der Waals surface area contributed by atoms with Crippen molar-refractivity contribution in [2.75, 3.05) is 38.4 Å². The molecule has 0 aliphatic carbocycles. The summed E-state index contributed by atoms with van der Waals surface area (Å²) in [6, 6.07) is 6.92. The van der Waals surface area contributed by atoms with Crippen molar-refractivity contribution < 1.29 is 9.47 Å². The van der Waals surface area contributed by atoms with Gasteiger partial charge in [-0.1, -0.05) is 0 Å². The normalized spacial score (nSPS) is 26.8. The van der Waals surface area contributed by atoms with E-state index in [1.165, 1.54) is 5.69 Å². The molecule has 2 unspecified atom stereocenters. The fraction of sp³-hybridized carbons (Fsp3) is 0.571. The lowest BCUT2D eigenvalue weighted by molar-refractivity contribution is 0.174. The Morgan fingerprint density at radius 3 is 2.84 bits per heavy atom. The Morgan fingerprint density at radius 1 is 1.26 bits per heavy atom. The number of likely N-dealkylation sites (N-methyl/N-ethyl adjacent to an activating group) is 1. The third-order valence-electron chi connectivity index (χ3n) is 3.89. The molecule has 5 nitrogen and oxygen atoms in total. The molecular weight excluding hydrogens is 242 g/mol. The monoisotopic (exact) mass is 263 g/mol. The van der Waals surface area contributed by atoms with Gasteiger partial charge < -0.3 is 25.0 Å². The van der Waals surface area contributed by atoms with Crippen LogP contribution in [0, 0.1) is 0 Å². The Kier molecular flexibility index (Phi) is 3.24. The highest BCUT2D eigenvalue weighted by Gasteiger charge is 2.30. The summed E-state index contributed by atoms with van der Waals surface area (Å²) < 4.78 is 10.8. The summed E-state index contributed by atoms with van der Waals surface area (Å²) in [4.78, 5) is 4.74. The third kappa shape index (κ3) is 2.24. The fourth-order valence-electron chi connectivity index (χ4n) is 3.12. The van der Waals surface area contributed by atoms with Crippen LogP contribution in [-0.2, 0) is 0 Å². The smallest absolute Gasteiger partial charge is 0.231 e. The minimum Gasteiger partial charge on any atom is -0.454 e. The van der Waals surface area contributed by atoms with Gasteiger partial charge in [-0.05, 0) is 26.1 Å². The molecule has 1 aromatic rings. The van der Waals surface area contributed by atoms with Crippen molar-refractivity contribution >= 4 is 5.69 Å². The van der Waals surface area contributed by atoms with Crippen molar-refractivity contribution in [1.82, 2.24) is 4.90 Å². The number of hydrogen-bond donors (Lipinski definition) is 1. The Labute approximate surface area is 113 Å². The first-order valence-electron chi connectivity index (χ1n) is 6.75. The summed E-state index contributed by atoms with van der Waals surface area (Å²) >= 11 is 0. The molecule has 2 heterocycles. The standard InChI is InChI=1S/C14H21N3O2/c1-10-7-16(2)8-12(6-15)17(10)11-3-4-13-14(5-11)19-9-18-13/h3-5,10,12H,6-9,15H2,1-2H3. The number of nitrogens with zero attached hydrogens (tertiary/aromatic N) is 2. The summed E-state index contributed by atoms with van der Waals surface area (Å²) in [5.74, 6) is 1.66. The first-order chi connectivity index (χ1) is 9.19. The van der Waals surface area contributed by atoms with Crippen LogP contribution in [0.4, 0.5) is 5.69 Å². The predicted molar refractivity (Wildman–Crippen MR) is 74.8 cm³/mol. The van der Waals surface area contributed by atoms with Gasteiger partial charge >= 0.3 is 0 Å². The fourth-order valence-corrected chi connectivity index (χ4v) is 3.12. The van der Waals surface area contributed by atoms with E-state index in [0.29, 0.717) is 25.4 Å². The van der Waals surface area contributed by atoms with E-state index in [9.17, 15) is 0 Å². The van der Waals surface area contributed by atoms with E-state index in [1.54, 1.807) is 0 Å². The van der Waals surface area contributed by atoms with Crippen molar-refractivity contribution in [3.8, 4) is 11.5 Å². The lowest BCUT2D eigenvalue weighted by Gasteiger charge is -2.45. The summed E-state index contributed by atoms with van der Waals surface area (Å²) in [6.07, 6.45) is 0. The highest BCUT2D eigenvalue weighted by Crippen LogP contribution is 2.37. The van der Waals surface area contributed by atoms with Crippen molar-refractivity contribution in [3.63, 3.8) is 0 Å². The van der Waals surface area contributed by atoms with E-state index in [1.807, 2.05) is 6.07 Å². The molecule has 0 aromatic heterocycles. The van der Waals surface area contributed by atoms with E-state index in [4.69, 9.17) is 15.2 Å². The van der Waals surface area contributed by atoms with Crippen LogP contribution in [0.3, 0.4) is 0 Å². The number of piperazine rings is 1. The van der Waals surface area contributed by atoms with Crippen molar-refractivity contribution in [2.45, 2.75) is 19.0 Å². The maximum Gasteiger partial charge on any atom is 0.231 e. The van der Waals surface area contributed by atoms with Gasteiger partial charge in [0.2, 0.25) is 6.79 Å². The number of hydrogen-bond acceptors (Lipinski definition) is 5. The number of rotatable bonds is 2. The molecule has 3 rings (SSSR count). The van der Waals surface area contributed by atoms with Crippen LogP contribution < -0.4 is 20.1 Å². The average Bonchev–Trinajstić information content (AvgIpc) is 2.84. The van der Waals surface area contributed by atoms with Crippen LogP contribution in [0.5, 0.6) is 11.5 Å². The first-order valence-corrected chi connectivity index (χ1v) is 6.75. The van der Waals surface area contributed by atoms with Crippen LogP contribution >= 0.6 is 0 Å². The molecule has 1 fully saturated rings. The number of benzene rings is 1. The maximum atomic E-state index is 5.94. The Hall–Kier alpha value is -1.46. The number of anilines is 1. The molecule has 1 aromatic carbocycles. The Balaban J connectivity index is 1.90. The summed E-state index contributed by atoms with van der Waals surface area (Å²) in [5, 5.41) is 0. The van der Waals surface area contributed by atoms with E-state index in [-0.39, 0.29) is 0 Å². The molecule has 0 saturated carbocycles. The minimum atomic E-state index is 0.317. The number of nitrogens with two attached hydrogens (primary N) is 1. The molecule has 2 atom stereocenters. The van der Waals surface area contributed by atoms with Crippen LogP contribution in [0.1, 0.15) is 6.92 Å². The van der Waals surface area contributed by atoms with Gasteiger partial charge in [-0.25, -0.2) is 0 Å². The highest BCUT2D eigenvalue weighted by atomic mass is 16.7. The lowest BCUT2D eigenvalue weighted by atomic mass is 10.1. The first kappa shape index (κ1) is 12.6. The largest absolute Gasteiger partial charge is 0.454 e. The Bertz CT molecular complexity index is 466. The second-order valence-corrected chi connectivity index (χ2v) is 5.40. The third-order valence-corrected chi connectivity index (χ3v) is 3.89. The number of fused-ring (bicyclic) bond motifs is 1. The van der Waals surface area contributed by atoms with Gasteiger partial charge in [0.15, 0.2) is 11.5 Å². The molecular formula is C14H21N3O2. The van der Waals surface area contributed by atoms with Gasteiger partial charge in [-0.3, -0.25) is 0 Å². The molecule has 2 aliphatic rings. The van der Waals surface area contributed by atoms with Gasteiger partial charge in [-0.15, -0.1) is 0 Å². The quantitative estimate of drug-likeness (QED) is 0.858. The van der Waals surface area contributed by atoms with Crippen LogP contribution in [0.25, 0.3) is 0 Å². The molecule has 0 spiro atoms. The zero-order valence-electron chi connectivity index (χ0n) is 11.5. The molecule has 1 saturated heterocycles. The zero-order valence-corrected chi connectivity index (χ0v) is 11.5. The second-order valence-electron chi connectivity index (χ2n) is 5.40. The van der Waals surface area contributed by atoms with Crippen molar-refractivity contribution in [3.05, 3.63) is 18.2 Å². The van der Waals surface area contributed by atoms with E-state index in [2.05, 4.69) is 35.9 Å². The number of ether oxygens (including phenoxy) is 2. The van der Waals surface area contributed by atoms with Crippen LogP contribution in [0.2, 0.25) is 0 Å². The van der Waals surface area contributed by atoms with Gasteiger partial charge in [0, 0.05) is 37.4 Å². The highest BCUT2D eigenvalue weighted by molar-refractivity contribution is 5.58. The van der Waals surface area contributed by atoms with Crippen molar-refractivity contribution in [1.29, 1.82) is 0 Å². The van der Waals surface area contributed by atoms with E-state index in [0.717, 1.165) is 24.6 Å². The maximum absolute atomic E-state index is 5.94. The van der Waals surface area contributed by atoms with Gasteiger partial charge in [-0.2, -0.15) is 0 Å². The SMILES string of the molecule is CC1CN(C)CC(CN)N1c1ccc2c(c1)OCO2. The average molecular weight is 263 g/mol. The summed E-state index contributed by atoms with van der Waals surface area (Å²) in [7, 11) is 2.15. The molecule has 5 heteroatoms. The second kappa shape index (κ2) is 4.90. The van der Waals surface area contributed by atoms with Gasteiger partial charge in [0.05, 0.1) is 6.04 Å². The Morgan fingerprint density at radius 2 is 2.05 bits per heavy atom. The van der Waals surface area contributed by atoms with E-state index >= 15 is 0 Å². The molecule has 0 radical (unpaired) electrons. The molecule has 2 N–H and O–H groups in total. The molecule has 104 valence electrons. The summed E-state index contributed by atoms with van der Waals surface area (Å²) in [5.41, 5.74) is 7.11. The molecule has 0 amide bonds. The van der Waals surface area contributed by atoms with E-state index < -0.39 is 0 Å². The van der Waals surface area contributed by atoms with Crippen molar-refractivity contribution in [2.24, 2.45) is 5.73 Å². The predicted octanol–water partition coefficient (Wildman–Crippen LogP) is 0.883. The van der Waals surface area contributed by atoms with Crippen LogP contribution in [0.15, 0.2) is 18.2 Å². The molecule has 2 aliphatic heterocycles. The zero-order chi connectivity index (χ0) is 13.4. The summed E-state index contributed by atoms with van der Waals surface area (Å²) in [6.45, 7) is 5.25. The minimum absolute atomic E-state index is 0.317. The lowest BCUT2D eigenvalue weighted by Crippen LogP contribution is -2.59. The van der Waals surface area contributed by atoms with Gasteiger partial charge in [0.1, 0.15) is 0 Å². The van der Waals surface area contributed by atoms with Gasteiger partial charge in [0.25, 0.3) is 0 Å². The molecule has 0 bridgehead atoms. The van der Waals surface area contributed by atoms with Crippen LogP contribution in [-0.4, -0.2) is 50.5 Å².